The summed E-state index contributed by atoms with van der Waals surface area (Å²) in [6.45, 7) is 13.7. The van der Waals surface area contributed by atoms with Gasteiger partial charge in [0.25, 0.3) is 0 Å². The Hall–Kier alpha value is -7.62. The molecule has 6 N–H and O–H groups in total. The van der Waals surface area contributed by atoms with E-state index in [4.69, 9.17) is 114 Å². The predicted molar refractivity (Wildman–Crippen MR) is 408 cm³/mol. The van der Waals surface area contributed by atoms with Crippen LogP contribution >= 0.6 is 0 Å². The lowest BCUT2D eigenvalue weighted by Crippen LogP contribution is -2.68. The number of carbonyl (C=O) groups excluding carboxylic acids is 8. The number of aliphatic hydroxyl groups is 2. The molecule has 120 heavy (non-hydrogen) atoms. The zero-order valence-corrected chi connectivity index (χ0v) is 69.6. The molecule has 3 aromatic heterocycles. The zero-order valence-electron chi connectivity index (χ0n) is 69.6. The summed E-state index contributed by atoms with van der Waals surface area (Å²) in [5, 5.41) is 55.1. The van der Waals surface area contributed by atoms with Crippen LogP contribution < -0.4 is 21.3 Å². The number of esters is 4. The predicted octanol–water partition coefficient (Wildman–Crippen LogP) is -2.34. The largest absolute Gasteiger partial charge is 0.456 e. The summed E-state index contributed by atoms with van der Waals surface area (Å²) in [4.78, 5) is 99.2. The maximum Gasteiger partial charge on any atom is 0.303 e. The first-order valence-corrected chi connectivity index (χ1v) is 40.5. The van der Waals surface area contributed by atoms with Crippen molar-refractivity contribution in [2.45, 2.75) is 198 Å². The Bertz CT molecular complexity index is 3300. The Morgan fingerprint density at radius 1 is 0.417 bits per heavy atom. The third kappa shape index (κ3) is 37.2. The Morgan fingerprint density at radius 2 is 0.758 bits per heavy atom. The van der Waals surface area contributed by atoms with E-state index in [0.717, 1.165) is 6.42 Å². The fraction of sp³-hybridized carbons (Fsp3) is 0.813. The third-order valence-corrected chi connectivity index (χ3v) is 18.4. The van der Waals surface area contributed by atoms with Crippen LogP contribution in [0.4, 0.5) is 0 Å². The summed E-state index contributed by atoms with van der Waals surface area (Å²) >= 11 is 0. The highest BCUT2D eigenvalue weighted by atomic mass is 16.8. The van der Waals surface area contributed by atoms with Crippen molar-refractivity contribution >= 4 is 47.5 Å². The molecule has 4 aliphatic heterocycles. The summed E-state index contributed by atoms with van der Waals surface area (Å²) in [7, 11) is 0. The van der Waals surface area contributed by atoms with E-state index in [9.17, 15) is 38.4 Å². The SMILES string of the molecule is CC(=O)N[C@H]1[C@@H]2OC[C@](COCCOCCOCCOCCn3cc(COCC(COCc4cn(CCOCCOCCOCCO)nn4)(COCc4cn(CCOCCOCCOCCOC[C@@]56CO[C@@H](O5)[C@H](NC(C)=O)[C@@H](OC(C)=O)[C@H]6OC(C)=O)nn4)NC(=O)CCCCCNC(=O)CCCCCO)nn3)(O2)[C@H](OC(C)=O)[C@@H]1OC(C)=O. The molecular weight excluding hydrogens is 1590 g/mol. The average molecular weight is 1720 g/mol. The van der Waals surface area contributed by atoms with E-state index in [0.29, 0.717) is 115 Å². The van der Waals surface area contributed by atoms with Crippen LogP contribution in [-0.4, -0.2) is 367 Å². The number of aliphatic hydroxyl groups excluding tert-OH is 2. The first-order valence-electron chi connectivity index (χ1n) is 40.5. The van der Waals surface area contributed by atoms with Crippen molar-refractivity contribution in [1.29, 1.82) is 0 Å². The number of unbranched alkanes of at least 4 members (excludes halogenated alkanes) is 4. The number of carbonyl (C=O) groups is 8. The van der Waals surface area contributed by atoms with Gasteiger partial charge in [-0.25, -0.2) is 14.0 Å². The summed E-state index contributed by atoms with van der Waals surface area (Å²) in [5.74, 6) is -3.81. The minimum atomic E-state index is -1.32. The highest BCUT2D eigenvalue weighted by Gasteiger charge is 2.65. The molecule has 7 rings (SSSR count). The van der Waals surface area contributed by atoms with Crippen molar-refractivity contribution < 1.29 is 153 Å². The second-order valence-corrected chi connectivity index (χ2v) is 28.6. The lowest BCUT2D eigenvalue weighted by atomic mass is 9.87. The highest BCUT2D eigenvalue weighted by Crippen LogP contribution is 2.42. The number of ether oxygens (including phenoxy) is 22. The van der Waals surface area contributed by atoms with Gasteiger partial charge >= 0.3 is 23.9 Å². The molecule has 0 saturated carbocycles. The monoisotopic (exact) mass is 1720 g/mol. The molecule has 7 heterocycles. The lowest BCUT2D eigenvalue weighted by molar-refractivity contribution is -0.251. The van der Waals surface area contributed by atoms with Crippen molar-refractivity contribution in [3.8, 4) is 0 Å². The van der Waals surface area contributed by atoms with Crippen molar-refractivity contribution in [3.05, 3.63) is 35.7 Å². The number of nitrogens with zero attached hydrogens (tertiary/aromatic N) is 9. The highest BCUT2D eigenvalue weighted by molar-refractivity contribution is 5.77. The van der Waals surface area contributed by atoms with Crippen molar-refractivity contribution in [3.63, 3.8) is 0 Å². The van der Waals surface area contributed by atoms with Gasteiger partial charge in [0.1, 0.15) is 34.7 Å². The maximum atomic E-state index is 14.1. The second kappa shape index (κ2) is 56.2. The molecule has 4 saturated heterocycles. The van der Waals surface area contributed by atoms with Crippen molar-refractivity contribution in [2.24, 2.45) is 0 Å². The minimum Gasteiger partial charge on any atom is -0.456 e. The van der Waals surface area contributed by atoms with Gasteiger partial charge in [-0.2, -0.15) is 0 Å². The fourth-order valence-corrected chi connectivity index (χ4v) is 13.0. The standard InChI is InChI=1S/C75H123N13O32/c1-54(91)77-65-67(115-56(3)93)69(117-58(5)95)74(52-113-71(65)119-74)50-108-39-37-106-35-33-104-30-26-100-22-17-87-42-61(81-84-87)45-111-48-73(79-64(98)14-9-7-11-15-76-63(97)13-10-8-12-19-89,47-110-44-60-41-86(83-80-60)16-21-99-25-29-103-32-28-102-24-20-90)49-112-46-62-43-88(85-82-62)18-23-101-27-31-105-34-36-107-38-40-109-51-75-53-114-72(120-75)66(78-55(2)92)68(116-57(4)94)70(75)118-59(6)96/h41-43,65-72,89-90H,7-40,44-53H2,1-6H3,(H,76,97)(H,77,91)(H,78,92)(H,79,98)/t65-,66-,67-,68-,69-,70-,71-,72+,73?,74+,75+/m1/s1. The van der Waals surface area contributed by atoms with Crippen LogP contribution in [0.25, 0.3) is 0 Å². The van der Waals surface area contributed by atoms with Crippen LogP contribution in [0.5, 0.6) is 0 Å². The summed E-state index contributed by atoms with van der Waals surface area (Å²) in [6, 6.07) is -1.87. The molecule has 680 valence electrons. The molecule has 0 radical (unpaired) electrons. The maximum absolute atomic E-state index is 14.1. The molecule has 45 nitrogen and oxygen atoms in total. The molecule has 0 aromatic carbocycles. The van der Waals surface area contributed by atoms with E-state index in [1.807, 2.05) is 0 Å². The Kier molecular flexibility index (Phi) is 46.6. The van der Waals surface area contributed by atoms with Crippen molar-refractivity contribution in [1.82, 2.24) is 66.2 Å². The molecule has 4 bridgehead atoms. The summed E-state index contributed by atoms with van der Waals surface area (Å²) in [5.41, 5.74) is -2.46. The lowest BCUT2D eigenvalue weighted by Gasteiger charge is -2.45. The molecule has 11 atom stereocenters. The number of hydrogen-bond donors (Lipinski definition) is 6. The molecule has 4 fully saturated rings. The van der Waals surface area contributed by atoms with E-state index >= 15 is 0 Å². The molecule has 0 aliphatic carbocycles. The van der Waals surface area contributed by atoms with E-state index in [1.54, 1.807) is 32.6 Å². The fourth-order valence-electron chi connectivity index (χ4n) is 13.0. The molecule has 0 spiro atoms. The summed E-state index contributed by atoms with van der Waals surface area (Å²) in [6.07, 6.45) is 3.14. The number of hydrogen-bond acceptors (Lipinski definition) is 38. The van der Waals surface area contributed by atoms with Crippen LogP contribution in [0, 0.1) is 0 Å². The average Bonchev–Trinajstić information content (AvgIpc) is 1.58. The van der Waals surface area contributed by atoms with Crippen LogP contribution in [0.2, 0.25) is 0 Å². The van der Waals surface area contributed by atoms with Crippen LogP contribution in [-0.2, 0) is 182 Å². The van der Waals surface area contributed by atoms with E-state index in [2.05, 4.69) is 52.2 Å². The normalized spacial score (nSPS) is 21.6. The van der Waals surface area contributed by atoms with Gasteiger partial charge in [0.2, 0.25) is 23.6 Å². The van der Waals surface area contributed by atoms with Crippen molar-refractivity contribution in [2.75, 3.05) is 198 Å². The van der Waals surface area contributed by atoms with Crippen LogP contribution in [0.15, 0.2) is 18.6 Å². The number of aromatic nitrogens is 9. The van der Waals surface area contributed by atoms with Gasteiger partial charge in [-0.15, -0.1) is 15.3 Å². The topological polar surface area (TPSA) is 520 Å². The minimum absolute atomic E-state index is 0.000779. The van der Waals surface area contributed by atoms with Crippen LogP contribution in [0.1, 0.15) is 110 Å². The molecule has 4 amide bonds. The van der Waals surface area contributed by atoms with E-state index in [1.165, 1.54) is 41.5 Å². The quantitative estimate of drug-likeness (QED) is 0.0196. The Labute approximate surface area is 696 Å². The van der Waals surface area contributed by atoms with Gasteiger partial charge in [-0.1, -0.05) is 28.5 Å². The van der Waals surface area contributed by atoms with E-state index < -0.39 is 102 Å². The van der Waals surface area contributed by atoms with Gasteiger partial charge in [-0.05, 0) is 25.7 Å². The third-order valence-electron chi connectivity index (χ3n) is 18.4. The molecular formula is C75H123N13O32. The second-order valence-electron chi connectivity index (χ2n) is 28.6. The number of rotatable bonds is 69. The first-order chi connectivity index (χ1) is 58.1. The Morgan fingerprint density at radius 3 is 1.11 bits per heavy atom. The van der Waals surface area contributed by atoms with Crippen LogP contribution in [0.3, 0.4) is 0 Å². The number of amides is 4. The molecule has 45 heteroatoms. The van der Waals surface area contributed by atoms with Gasteiger partial charge < -0.3 is 136 Å². The smallest absolute Gasteiger partial charge is 0.303 e. The van der Waals surface area contributed by atoms with Gasteiger partial charge in [0.05, 0.1) is 243 Å². The molecule has 1 unspecified atom stereocenters. The first kappa shape index (κ1) is 99.5. The van der Waals surface area contributed by atoms with Gasteiger partial charge in [-0.3, -0.25) is 38.4 Å². The number of nitrogens with one attached hydrogen (secondary N) is 4. The zero-order chi connectivity index (χ0) is 86.1. The molecule has 4 aliphatic rings. The van der Waals surface area contributed by atoms with E-state index in [-0.39, 0.29) is 197 Å². The number of fused-ring (bicyclic) bond motifs is 4. The summed E-state index contributed by atoms with van der Waals surface area (Å²) < 4.78 is 133. The van der Waals surface area contributed by atoms with Gasteiger partial charge in [0, 0.05) is 67.5 Å². The van der Waals surface area contributed by atoms with Gasteiger partial charge in [0.15, 0.2) is 48.2 Å². The molecule has 3 aromatic rings. The Balaban J connectivity index is 0.852.